The lowest BCUT2D eigenvalue weighted by Gasteiger charge is -2.27. The Morgan fingerprint density at radius 1 is 1.41 bits per heavy atom. The minimum Gasteiger partial charge on any atom is -0.396 e. The highest BCUT2D eigenvalue weighted by Gasteiger charge is 2.64. The maximum absolute atomic E-state index is 13.3. The Kier molecular flexibility index (Phi) is 3.87. The predicted octanol–water partition coefficient (Wildman–Crippen LogP) is 2.18. The average Bonchev–Trinajstić information content (AvgIpc) is 3.40. The molecule has 0 aromatic carbocycles. The van der Waals surface area contributed by atoms with Crippen molar-refractivity contribution in [2.24, 2.45) is 11.8 Å². The van der Waals surface area contributed by atoms with Gasteiger partial charge in [0.25, 0.3) is 10.0 Å². The van der Waals surface area contributed by atoms with Crippen LogP contribution in [-0.4, -0.2) is 54.4 Å². The molecular formula is C18H22N2O5S2. The average molecular weight is 411 g/mol. The lowest BCUT2D eigenvalue weighted by molar-refractivity contribution is 0.00645. The molecule has 5 rings (SSSR count). The summed E-state index contributed by atoms with van der Waals surface area (Å²) in [6.45, 7) is 4.53. The van der Waals surface area contributed by atoms with E-state index in [1.54, 1.807) is 10.4 Å². The van der Waals surface area contributed by atoms with Crippen LogP contribution in [0.3, 0.4) is 0 Å². The Morgan fingerprint density at radius 3 is 2.93 bits per heavy atom. The quantitative estimate of drug-likeness (QED) is 0.831. The van der Waals surface area contributed by atoms with Crippen LogP contribution in [0.25, 0.3) is 10.4 Å². The van der Waals surface area contributed by atoms with Gasteiger partial charge in [-0.15, -0.1) is 11.3 Å². The molecule has 4 atom stereocenters. The zero-order chi connectivity index (χ0) is 19.0. The summed E-state index contributed by atoms with van der Waals surface area (Å²) in [6.07, 6.45) is 1.86. The van der Waals surface area contributed by atoms with Crippen LogP contribution in [0.5, 0.6) is 0 Å². The number of nitrogens with zero attached hydrogens (tertiary/aromatic N) is 2. The summed E-state index contributed by atoms with van der Waals surface area (Å²) in [6, 6.07) is 3.48. The normalized spacial score (nSPS) is 33.1. The van der Waals surface area contributed by atoms with E-state index in [0.717, 1.165) is 29.0 Å². The van der Waals surface area contributed by atoms with Crippen molar-refractivity contribution in [3.05, 3.63) is 23.6 Å². The summed E-state index contributed by atoms with van der Waals surface area (Å²) >= 11 is 1.24. The molecule has 0 unspecified atom stereocenters. The van der Waals surface area contributed by atoms with E-state index in [1.807, 2.05) is 19.9 Å². The van der Waals surface area contributed by atoms with Crippen LogP contribution in [0.1, 0.15) is 24.3 Å². The largest absolute Gasteiger partial charge is 0.396 e. The van der Waals surface area contributed by atoms with E-state index in [9.17, 15) is 13.5 Å². The minimum atomic E-state index is -3.60. The number of hydrogen-bond acceptors (Lipinski definition) is 7. The fraction of sp³-hybridized carbons (Fsp3) is 0.611. The van der Waals surface area contributed by atoms with Crippen LogP contribution in [-0.2, 0) is 14.8 Å². The first-order chi connectivity index (χ1) is 12.9. The highest BCUT2D eigenvalue weighted by atomic mass is 32.2. The molecule has 0 amide bonds. The minimum absolute atomic E-state index is 0.0418. The topological polar surface area (TPSA) is 92.9 Å². The Morgan fingerprint density at radius 2 is 2.22 bits per heavy atom. The lowest BCUT2D eigenvalue weighted by atomic mass is 9.74. The molecule has 5 heterocycles. The Balaban J connectivity index is 1.45. The second-order valence-corrected chi connectivity index (χ2v) is 11.1. The number of thiophene rings is 1. The molecule has 3 fully saturated rings. The van der Waals surface area contributed by atoms with Crippen molar-refractivity contribution in [1.82, 2.24) is 9.46 Å². The Labute approximate surface area is 162 Å². The molecule has 0 radical (unpaired) electrons. The molecule has 7 nitrogen and oxygen atoms in total. The van der Waals surface area contributed by atoms with Crippen molar-refractivity contribution in [3.8, 4) is 10.4 Å². The first-order valence-electron chi connectivity index (χ1n) is 9.17. The van der Waals surface area contributed by atoms with Gasteiger partial charge in [0, 0.05) is 36.4 Å². The van der Waals surface area contributed by atoms with Crippen LogP contribution in [0.2, 0.25) is 0 Å². The molecular weight excluding hydrogens is 388 g/mol. The molecule has 0 aliphatic carbocycles. The zero-order valence-electron chi connectivity index (χ0n) is 15.2. The van der Waals surface area contributed by atoms with E-state index in [2.05, 4.69) is 5.16 Å². The second-order valence-electron chi connectivity index (χ2n) is 7.83. The second kappa shape index (κ2) is 5.87. The Hall–Kier alpha value is -1.26. The maximum atomic E-state index is 13.3. The van der Waals surface area contributed by atoms with Gasteiger partial charge >= 0.3 is 0 Å². The van der Waals surface area contributed by atoms with Crippen LogP contribution >= 0.6 is 11.3 Å². The molecule has 27 heavy (non-hydrogen) atoms. The van der Waals surface area contributed by atoms with Crippen molar-refractivity contribution < 1.29 is 22.8 Å². The number of aliphatic hydroxyl groups excluding tert-OH is 1. The zero-order valence-corrected chi connectivity index (χ0v) is 16.8. The number of aromatic nitrogens is 1. The van der Waals surface area contributed by atoms with E-state index in [-0.39, 0.29) is 24.5 Å². The standard InChI is InChI=1S/C18H22N2O5S2/c1-10-17(11(2)25-19-10)15-3-4-16(26-15)27(22,23)20-7-13-12(8-21)14-5-6-18(13,9-20)24-14/h3-4,12-14,21H,5-9H2,1-2H3/t12-,13+,14+,18+/m0/s1. The molecule has 3 aliphatic heterocycles. The number of rotatable bonds is 4. The molecule has 3 aliphatic rings. The molecule has 2 bridgehead atoms. The fourth-order valence-corrected chi connectivity index (χ4v) is 8.26. The molecule has 2 aromatic heterocycles. The number of aliphatic hydroxyl groups is 1. The maximum Gasteiger partial charge on any atom is 0.252 e. The molecule has 9 heteroatoms. The van der Waals surface area contributed by atoms with Crippen molar-refractivity contribution in [1.29, 1.82) is 0 Å². The third kappa shape index (κ3) is 2.42. The van der Waals surface area contributed by atoms with Gasteiger partial charge in [-0.1, -0.05) is 5.16 Å². The third-order valence-electron chi connectivity index (χ3n) is 6.42. The number of hydrogen-bond donors (Lipinski definition) is 1. The first-order valence-corrected chi connectivity index (χ1v) is 11.4. The van der Waals surface area contributed by atoms with E-state index in [1.165, 1.54) is 11.3 Å². The van der Waals surface area contributed by atoms with Gasteiger partial charge in [0.05, 0.1) is 23.0 Å². The molecule has 1 N–H and O–H groups in total. The lowest BCUT2D eigenvalue weighted by Crippen LogP contribution is -2.38. The highest BCUT2D eigenvalue weighted by Crippen LogP contribution is 2.55. The van der Waals surface area contributed by atoms with Gasteiger partial charge < -0.3 is 14.4 Å². The van der Waals surface area contributed by atoms with Crippen LogP contribution in [0.15, 0.2) is 20.9 Å². The van der Waals surface area contributed by atoms with E-state index < -0.39 is 15.6 Å². The molecule has 1 spiro atoms. The van der Waals surface area contributed by atoms with Crippen molar-refractivity contribution in [3.63, 3.8) is 0 Å². The summed E-state index contributed by atoms with van der Waals surface area (Å²) in [7, 11) is -3.60. The number of aryl methyl sites for hydroxylation is 2. The predicted molar refractivity (Wildman–Crippen MR) is 99.0 cm³/mol. The van der Waals surface area contributed by atoms with Gasteiger partial charge in [-0.2, -0.15) is 4.31 Å². The van der Waals surface area contributed by atoms with Gasteiger partial charge in [-0.05, 0) is 38.8 Å². The molecule has 3 saturated heterocycles. The summed E-state index contributed by atoms with van der Waals surface area (Å²) in [4.78, 5) is 0.841. The number of fused-ring (bicyclic) bond motifs is 1. The van der Waals surface area contributed by atoms with Crippen molar-refractivity contribution >= 4 is 21.4 Å². The van der Waals surface area contributed by atoms with Gasteiger partial charge in [0.2, 0.25) is 0 Å². The van der Waals surface area contributed by atoms with Gasteiger partial charge in [0.15, 0.2) is 0 Å². The smallest absolute Gasteiger partial charge is 0.252 e. The highest BCUT2D eigenvalue weighted by molar-refractivity contribution is 7.91. The van der Waals surface area contributed by atoms with Gasteiger partial charge in [-0.25, -0.2) is 8.42 Å². The van der Waals surface area contributed by atoms with Gasteiger partial charge in [0.1, 0.15) is 9.97 Å². The van der Waals surface area contributed by atoms with Crippen LogP contribution in [0, 0.1) is 25.7 Å². The summed E-state index contributed by atoms with van der Waals surface area (Å²) < 4.78 is 39.8. The molecule has 146 valence electrons. The SMILES string of the molecule is Cc1noc(C)c1-c1ccc(S(=O)(=O)N2C[C@@H]3[C@H](CO)[C@H]4CC[C@]3(C2)O4)s1. The van der Waals surface area contributed by atoms with Gasteiger partial charge in [-0.3, -0.25) is 0 Å². The number of sulfonamides is 1. The summed E-state index contributed by atoms with van der Waals surface area (Å²) in [5, 5.41) is 13.7. The van der Waals surface area contributed by atoms with E-state index in [4.69, 9.17) is 9.26 Å². The third-order valence-corrected chi connectivity index (χ3v) is 9.80. The van der Waals surface area contributed by atoms with E-state index >= 15 is 0 Å². The monoisotopic (exact) mass is 410 g/mol. The fourth-order valence-electron chi connectivity index (χ4n) is 5.13. The first kappa shape index (κ1) is 17.8. The van der Waals surface area contributed by atoms with Crippen molar-refractivity contribution in [2.75, 3.05) is 19.7 Å². The Bertz CT molecular complexity index is 978. The van der Waals surface area contributed by atoms with Crippen LogP contribution < -0.4 is 0 Å². The summed E-state index contributed by atoms with van der Waals surface area (Å²) in [5.74, 6) is 0.808. The van der Waals surface area contributed by atoms with Crippen molar-refractivity contribution in [2.45, 2.75) is 42.6 Å². The molecule has 2 aromatic rings. The van der Waals surface area contributed by atoms with Crippen LogP contribution in [0.4, 0.5) is 0 Å². The molecule has 0 saturated carbocycles. The van der Waals surface area contributed by atoms with E-state index in [0.29, 0.717) is 23.1 Å². The summed E-state index contributed by atoms with van der Waals surface area (Å²) in [5.41, 5.74) is 1.21. The number of ether oxygens (including phenoxy) is 1.